The minimum Gasteiger partial charge on any atom is -0.341 e. The molecule has 0 radical (unpaired) electrons. The molecular formula is C21H24N2OS. The van der Waals surface area contributed by atoms with Gasteiger partial charge in [-0.1, -0.05) is 43.3 Å². The summed E-state index contributed by atoms with van der Waals surface area (Å²) in [5.74, 6) is 0.195. The van der Waals surface area contributed by atoms with Crippen LogP contribution in [0.4, 0.5) is 0 Å². The van der Waals surface area contributed by atoms with Crippen LogP contribution >= 0.6 is 11.3 Å². The number of aromatic nitrogens is 1. The van der Waals surface area contributed by atoms with Crippen molar-refractivity contribution in [2.24, 2.45) is 0 Å². The molecule has 2 aromatic carbocycles. The second-order valence-electron chi connectivity index (χ2n) is 6.35. The van der Waals surface area contributed by atoms with Crippen LogP contribution < -0.4 is 0 Å². The molecule has 0 atom stereocenters. The maximum absolute atomic E-state index is 12.3. The lowest BCUT2D eigenvalue weighted by molar-refractivity contribution is -0.130. The van der Waals surface area contributed by atoms with Crippen molar-refractivity contribution >= 4 is 27.5 Å². The van der Waals surface area contributed by atoms with Gasteiger partial charge in [-0.15, -0.1) is 11.3 Å². The first-order valence-corrected chi connectivity index (χ1v) is 9.63. The molecule has 0 spiro atoms. The van der Waals surface area contributed by atoms with Gasteiger partial charge in [0.05, 0.1) is 15.2 Å². The lowest BCUT2D eigenvalue weighted by Crippen LogP contribution is -2.25. The summed E-state index contributed by atoms with van der Waals surface area (Å²) in [6.45, 7) is 2.82. The third-order valence-electron chi connectivity index (χ3n) is 4.40. The van der Waals surface area contributed by atoms with E-state index >= 15 is 0 Å². The molecule has 0 saturated carbocycles. The summed E-state index contributed by atoms with van der Waals surface area (Å²) in [5, 5.41) is 1.12. The molecule has 0 aliphatic rings. The van der Waals surface area contributed by atoms with Gasteiger partial charge in [0.2, 0.25) is 5.91 Å². The van der Waals surface area contributed by atoms with Crippen molar-refractivity contribution in [3.05, 3.63) is 64.7 Å². The molecule has 130 valence electrons. The predicted octanol–water partition coefficient (Wildman–Crippen LogP) is 4.84. The summed E-state index contributed by atoms with van der Waals surface area (Å²) in [4.78, 5) is 18.8. The first kappa shape index (κ1) is 17.6. The molecule has 0 unspecified atom stereocenters. The molecule has 1 heterocycles. The Kier molecular flexibility index (Phi) is 5.82. The second-order valence-corrected chi connectivity index (χ2v) is 7.46. The largest absolute Gasteiger partial charge is 0.341 e. The lowest BCUT2D eigenvalue weighted by Gasteiger charge is -2.17. The van der Waals surface area contributed by atoms with Gasteiger partial charge in [0.25, 0.3) is 0 Å². The summed E-state index contributed by atoms with van der Waals surface area (Å²) >= 11 is 1.73. The highest BCUT2D eigenvalue weighted by Gasteiger charge is 2.10. The number of fused-ring (bicyclic) bond motifs is 1. The quantitative estimate of drug-likeness (QED) is 0.609. The van der Waals surface area contributed by atoms with Gasteiger partial charge in [0.1, 0.15) is 0 Å². The smallest absolute Gasteiger partial charge is 0.222 e. The first-order valence-electron chi connectivity index (χ1n) is 8.82. The molecule has 1 aromatic heterocycles. The number of thiazole rings is 1. The fraction of sp³-hybridized carbons (Fsp3) is 0.333. The minimum absolute atomic E-state index is 0.195. The van der Waals surface area contributed by atoms with E-state index in [1.807, 2.05) is 30.1 Å². The fourth-order valence-corrected chi connectivity index (χ4v) is 3.86. The van der Waals surface area contributed by atoms with E-state index in [2.05, 4.69) is 42.2 Å². The molecule has 0 bridgehead atoms. The summed E-state index contributed by atoms with van der Waals surface area (Å²) in [6.07, 6.45) is 3.32. The number of hydrogen-bond acceptors (Lipinski definition) is 3. The van der Waals surface area contributed by atoms with Crippen LogP contribution in [0.15, 0.2) is 48.5 Å². The fourth-order valence-electron chi connectivity index (χ4n) is 2.85. The zero-order valence-corrected chi connectivity index (χ0v) is 15.7. The number of hydrogen-bond donors (Lipinski definition) is 0. The van der Waals surface area contributed by atoms with E-state index in [-0.39, 0.29) is 5.91 Å². The summed E-state index contributed by atoms with van der Waals surface area (Å²) in [6, 6.07) is 16.7. The minimum atomic E-state index is 0.195. The summed E-state index contributed by atoms with van der Waals surface area (Å²) < 4.78 is 1.22. The van der Waals surface area contributed by atoms with E-state index < -0.39 is 0 Å². The van der Waals surface area contributed by atoms with Gasteiger partial charge in [-0.25, -0.2) is 4.98 Å². The number of amides is 1. The van der Waals surface area contributed by atoms with Gasteiger partial charge in [-0.05, 0) is 42.5 Å². The van der Waals surface area contributed by atoms with Crippen molar-refractivity contribution in [2.45, 2.75) is 39.2 Å². The highest BCUT2D eigenvalue weighted by molar-refractivity contribution is 7.18. The lowest BCUT2D eigenvalue weighted by atomic mass is 10.1. The van der Waals surface area contributed by atoms with Crippen LogP contribution in [0.5, 0.6) is 0 Å². The summed E-state index contributed by atoms with van der Waals surface area (Å²) in [5.41, 5.74) is 3.56. The summed E-state index contributed by atoms with van der Waals surface area (Å²) in [7, 11) is 1.88. The number of carbonyl (C=O) groups excluding carboxylic acids is 1. The van der Waals surface area contributed by atoms with Crippen LogP contribution in [0.3, 0.4) is 0 Å². The van der Waals surface area contributed by atoms with Gasteiger partial charge in [0.15, 0.2) is 0 Å². The highest BCUT2D eigenvalue weighted by Crippen LogP contribution is 2.22. The molecule has 3 rings (SSSR count). The average Bonchev–Trinajstić information content (AvgIpc) is 3.05. The number of benzene rings is 2. The Hall–Kier alpha value is -2.20. The monoisotopic (exact) mass is 352 g/mol. The SMILES string of the molecule is CCc1ccc(CN(C)C(=O)CCCc2nc3ccccc3s2)cc1. The van der Waals surface area contributed by atoms with E-state index in [4.69, 9.17) is 0 Å². The average molecular weight is 353 g/mol. The van der Waals surface area contributed by atoms with Crippen molar-refractivity contribution in [3.63, 3.8) is 0 Å². The molecule has 1 amide bonds. The zero-order chi connectivity index (χ0) is 17.6. The first-order chi connectivity index (χ1) is 12.2. The van der Waals surface area contributed by atoms with Crippen LogP contribution in [0, 0.1) is 0 Å². The molecule has 0 N–H and O–H groups in total. The van der Waals surface area contributed by atoms with E-state index in [0.29, 0.717) is 13.0 Å². The van der Waals surface area contributed by atoms with Gasteiger partial charge in [0, 0.05) is 20.0 Å². The zero-order valence-electron chi connectivity index (χ0n) is 14.9. The van der Waals surface area contributed by atoms with E-state index in [9.17, 15) is 4.79 Å². The molecule has 0 saturated heterocycles. The molecule has 4 heteroatoms. The van der Waals surface area contributed by atoms with Gasteiger partial charge in [-0.3, -0.25) is 4.79 Å². The van der Waals surface area contributed by atoms with Crippen molar-refractivity contribution in [1.29, 1.82) is 0 Å². The molecule has 25 heavy (non-hydrogen) atoms. The van der Waals surface area contributed by atoms with Crippen LogP contribution in [0.25, 0.3) is 10.2 Å². The molecule has 0 aliphatic carbocycles. The van der Waals surface area contributed by atoms with E-state index in [1.54, 1.807) is 11.3 Å². The Bertz CT molecular complexity index is 805. The number of rotatable bonds is 7. The van der Waals surface area contributed by atoms with Gasteiger partial charge >= 0.3 is 0 Å². The van der Waals surface area contributed by atoms with Crippen LogP contribution in [0.2, 0.25) is 0 Å². The number of para-hydroxylation sites is 1. The maximum Gasteiger partial charge on any atom is 0.222 e. The Morgan fingerprint density at radius 3 is 2.52 bits per heavy atom. The number of aryl methyl sites for hydroxylation is 2. The Balaban J connectivity index is 1.47. The third-order valence-corrected chi connectivity index (χ3v) is 5.49. The number of carbonyl (C=O) groups is 1. The van der Waals surface area contributed by atoms with Crippen LogP contribution in [-0.2, 0) is 24.2 Å². The highest BCUT2D eigenvalue weighted by atomic mass is 32.1. The van der Waals surface area contributed by atoms with Gasteiger partial charge in [-0.2, -0.15) is 0 Å². The Labute approximate surface area is 153 Å². The van der Waals surface area contributed by atoms with E-state index in [1.165, 1.54) is 15.8 Å². The molecule has 0 aliphatic heterocycles. The van der Waals surface area contributed by atoms with Crippen molar-refractivity contribution < 1.29 is 4.79 Å². The van der Waals surface area contributed by atoms with Gasteiger partial charge < -0.3 is 4.90 Å². The van der Waals surface area contributed by atoms with Crippen LogP contribution in [-0.4, -0.2) is 22.8 Å². The topological polar surface area (TPSA) is 33.2 Å². The molecule has 3 aromatic rings. The van der Waals surface area contributed by atoms with Crippen molar-refractivity contribution in [1.82, 2.24) is 9.88 Å². The van der Waals surface area contributed by atoms with E-state index in [0.717, 1.165) is 29.8 Å². The number of nitrogens with zero attached hydrogens (tertiary/aromatic N) is 2. The van der Waals surface area contributed by atoms with Crippen molar-refractivity contribution in [2.75, 3.05) is 7.05 Å². The standard InChI is InChI=1S/C21H24N2OS/c1-3-16-11-13-17(14-12-16)15-23(2)21(24)10-6-9-20-22-18-7-4-5-8-19(18)25-20/h4-5,7-8,11-14H,3,6,9-10,15H2,1-2H3. The third kappa shape index (κ3) is 4.67. The molecular weight excluding hydrogens is 328 g/mol. The maximum atomic E-state index is 12.3. The molecule has 0 fully saturated rings. The Morgan fingerprint density at radius 2 is 1.80 bits per heavy atom. The Morgan fingerprint density at radius 1 is 1.08 bits per heavy atom. The molecule has 3 nitrogen and oxygen atoms in total. The second kappa shape index (κ2) is 8.26. The predicted molar refractivity (Wildman–Crippen MR) is 105 cm³/mol. The van der Waals surface area contributed by atoms with Crippen molar-refractivity contribution in [3.8, 4) is 0 Å². The van der Waals surface area contributed by atoms with Crippen LogP contribution in [0.1, 0.15) is 35.9 Å². The normalized spacial score (nSPS) is 11.0.